The molecular weight excluding hydrogens is 202 g/mol. The van der Waals surface area contributed by atoms with Crippen LogP contribution in [0.3, 0.4) is 0 Å². The Labute approximate surface area is 95.3 Å². The molecule has 0 radical (unpaired) electrons. The molecular formula is C13H15NO2. The molecule has 0 spiro atoms. The van der Waals surface area contributed by atoms with Crippen molar-refractivity contribution in [1.82, 2.24) is 0 Å². The van der Waals surface area contributed by atoms with Crippen molar-refractivity contribution in [2.24, 2.45) is 0 Å². The molecule has 1 fully saturated rings. The van der Waals surface area contributed by atoms with Gasteiger partial charge >= 0.3 is 6.09 Å². The summed E-state index contributed by atoms with van der Waals surface area (Å²) in [6, 6.07) is 9.42. The topological polar surface area (TPSA) is 29.5 Å². The Morgan fingerprint density at radius 1 is 1.38 bits per heavy atom. The molecule has 3 nitrogen and oxygen atoms in total. The lowest BCUT2D eigenvalue weighted by molar-refractivity contribution is 0.0823. The minimum Gasteiger partial charge on any atom is -0.436 e. The molecule has 1 aliphatic heterocycles. The predicted molar refractivity (Wildman–Crippen MR) is 63.2 cm³/mol. The zero-order chi connectivity index (χ0) is 11.8. The van der Waals surface area contributed by atoms with Crippen molar-refractivity contribution in [3.63, 3.8) is 0 Å². The molecule has 3 heteroatoms. The smallest absolute Gasteiger partial charge is 0.419 e. The number of hydrogen-bond donors (Lipinski definition) is 0. The van der Waals surface area contributed by atoms with Crippen LogP contribution in [0.15, 0.2) is 42.6 Å². The molecule has 1 saturated heterocycles. The molecule has 0 bridgehead atoms. The molecule has 1 aromatic rings. The highest BCUT2D eigenvalue weighted by Gasteiger charge is 2.44. The van der Waals surface area contributed by atoms with Crippen molar-refractivity contribution >= 4 is 11.8 Å². The quantitative estimate of drug-likeness (QED) is 0.760. The second-order valence-electron chi connectivity index (χ2n) is 4.07. The first-order chi connectivity index (χ1) is 7.58. The van der Waals surface area contributed by atoms with E-state index in [0.29, 0.717) is 5.70 Å². The minimum absolute atomic E-state index is 0.347. The number of hydrogen-bond acceptors (Lipinski definition) is 2. The van der Waals surface area contributed by atoms with Gasteiger partial charge in [-0.05, 0) is 25.5 Å². The van der Waals surface area contributed by atoms with Gasteiger partial charge in [-0.25, -0.2) is 9.69 Å². The predicted octanol–water partition coefficient (Wildman–Crippen LogP) is 3.33. The third-order valence-electron chi connectivity index (χ3n) is 3.06. The van der Waals surface area contributed by atoms with Crippen LogP contribution < -0.4 is 4.90 Å². The van der Waals surface area contributed by atoms with Gasteiger partial charge in [0.25, 0.3) is 0 Å². The zero-order valence-corrected chi connectivity index (χ0v) is 9.56. The van der Waals surface area contributed by atoms with Gasteiger partial charge in [0, 0.05) is 0 Å². The van der Waals surface area contributed by atoms with E-state index in [-0.39, 0.29) is 6.09 Å². The van der Waals surface area contributed by atoms with E-state index < -0.39 is 5.60 Å². The van der Waals surface area contributed by atoms with Gasteiger partial charge in [-0.3, -0.25) is 0 Å². The van der Waals surface area contributed by atoms with Gasteiger partial charge in [-0.2, -0.15) is 0 Å². The molecule has 0 N–H and O–H groups in total. The van der Waals surface area contributed by atoms with Crippen molar-refractivity contribution in [3.8, 4) is 0 Å². The van der Waals surface area contributed by atoms with Crippen molar-refractivity contribution in [1.29, 1.82) is 0 Å². The lowest BCUT2D eigenvalue weighted by Gasteiger charge is -2.22. The Balaban J connectivity index is 2.38. The van der Waals surface area contributed by atoms with Gasteiger partial charge in [0.15, 0.2) is 5.60 Å². The normalized spacial score (nSPS) is 24.8. The Kier molecular flexibility index (Phi) is 2.46. The van der Waals surface area contributed by atoms with Gasteiger partial charge in [-0.15, -0.1) is 0 Å². The number of benzene rings is 1. The monoisotopic (exact) mass is 217 g/mol. The van der Waals surface area contributed by atoms with Crippen LogP contribution in [0, 0.1) is 0 Å². The fourth-order valence-electron chi connectivity index (χ4n) is 1.76. The summed E-state index contributed by atoms with van der Waals surface area (Å²) < 4.78 is 5.36. The van der Waals surface area contributed by atoms with Crippen molar-refractivity contribution in [3.05, 3.63) is 42.6 Å². The summed E-state index contributed by atoms with van der Waals surface area (Å²) in [7, 11) is 0. The van der Waals surface area contributed by atoms with Crippen LogP contribution in [0.5, 0.6) is 0 Å². The van der Waals surface area contributed by atoms with Crippen LogP contribution in [0.25, 0.3) is 0 Å². The number of ether oxygens (including phenoxy) is 1. The maximum absolute atomic E-state index is 11.8. The molecule has 16 heavy (non-hydrogen) atoms. The average Bonchev–Trinajstić information content (AvgIpc) is 2.52. The molecule has 1 aromatic carbocycles. The van der Waals surface area contributed by atoms with E-state index in [9.17, 15) is 4.79 Å². The maximum Gasteiger partial charge on any atom is 0.419 e. The molecule has 1 aliphatic rings. The van der Waals surface area contributed by atoms with Gasteiger partial charge in [0.1, 0.15) is 0 Å². The standard InChI is InChI=1S/C13H15NO2/c1-4-13(3)10(2)14(12(15)16-13)11-8-6-5-7-9-11/h5-9H,2,4H2,1,3H3. The van der Waals surface area contributed by atoms with Crippen LogP contribution in [0.2, 0.25) is 0 Å². The van der Waals surface area contributed by atoms with E-state index in [2.05, 4.69) is 6.58 Å². The number of carbonyl (C=O) groups is 1. The molecule has 1 unspecified atom stereocenters. The van der Waals surface area contributed by atoms with E-state index in [0.717, 1.165) is 12.1 Å². The highest BCUT2D eigenvalue weighted by Crippen LogP contribution is 2.37. The van der Waals surface area contributed by atoms with Crippen molar-refractivity contribution < 1.29 is 9.53 Å². The van der Waals surface area contributed by atoms with Crippen LogP contribution >= 0.6 is 0 Å². The molecule has 1 amide bonds. The van der Waals surface area contributed by atoms with Crippen LogP contribution in [-0.2, 0) is 4.74 Å². The SMILES string of the molecule is C=C1N(c2ccccc2)C(=O)OC1(C)CC. The van der Waals surface area contributed by atoms with Crippen LogP contribution in [-0.4, -0.2) is 11.7 Å². The Morgan fingerprint density at radius 2 is 2.00 bits per heavy atom. The Bertz CT molecular complexity index is 427. The van der Waals surface area contributed by atoms with Gasteiger partial charge < -0.3 is 4.74 Å². The van der Waals surface area contributed by atoms with Crippen molar-refractivity contribution in [2.45, 2.75) is 25.9 Å². The van der Waals surface area contributed by atoms with Crippen LogP contribution in [0.4, 0.5) is 10.5 Å². The summed E-state index contributed by atoms with van der Waals surface area (Å²) in [5.41, 5.74) is 0.924. The third kappa shape index (κ3) is 1.48. The lowest BCUT2D eigenvalue weighted by atomic mass is 10.00. The summed E-state index contributed by atoms with van der Waals surface area (Å²) in [5, 5.41) is 0. The summed E-state index contributed by atoms with van der Waals surface area (Å²) in [6.07, 6.45) is 0.376. The first-order valence-corrected chi connectivity index (χ1v) is 5.36. The summed E-state index contributed by atoms with van der Waals surface area (Å²) in [5.74, 6) is 0. The molecule has 0 aliphatic carbocycles. The maximum atomic E-state index is 11.8. The molecule has 0 saturated carbocycles. The van der Waals surface area contributed by atoms with E-state index in [4.69, 9.17) is 4.74 Å². The molecule has 1 heterocycles. The van der Waals surface area contributed by atoms with E-state index in [1.165, 1.54) is 4.90 Å². The van der Waals surface area contributed by atoms with Crippen molar-refractivity contribution in [2.75, 3.05) is 4.90 Å². The number of cyclic esters (lactones) is 1. The Hall–Kier alpha value is -1.77. The van der Waals surface area contributed by atoms with Gasteiger partial charge in [0.05, 0.1) is 11.4 Å². The molecule has 84 valence electrons. The summed E-state index contributed by atoms with van der Waals surface area (Å²) >= 11 is 0. The average molecular weight is 217 g/mol. The third-order valence-corrected chi connectivity index (χ3v) is 3.06. The zero-order valence-electron chi connectivity index (χ0n) is 9.56. The summed E-state index contributed by atoms with van der Waals surface area (Å²) in [6.45, 7) is 7.83. The number of para-hydroxylation sites is 1. The summed E-state index contributed by atoms with van der Waals surface area (Å²) in [4.78, 5) is 13.3. The highest BCUT2D eigenvalue weighted by molar-refractivity contribution is 5.94. The molecule has 2 rings (SSSR count). The second-order valence-corrected chi connectivity index (χ2v) is 4.07. The first kappa shape index (κ1) is 10.7. The fourth-order valence-corrected chi connectivity index (χ4v) is 1.76. The Morgan fingerprint density at radius 3 is 2.50 bits per heavy atom. The number of nitrogens with zero attached hydrogens (tertiary/aromatic N) is 1. The van der Waals surface area contributed by atoms with E-state index >= 15 is 0 Å². The van der Waals surface area contributed by atoms with Gasteiger partial charge in [-0.1, -0.05) is 31.7 Å². The molecule has 0 aromatic heterocycles. The van der Waals surface area contributed by atoms with Gasteiger partial charge in [0.2, 0.25) is 0 Å². The van der Waals surface area contributed by atoms with E-state index in [1.54, 1.807) is 0 Å². The van der Waals surface area contributed by atoms with Crippen LogP contribution in [0.1, 0.15) is 20.3 Å². The minimum atomic E-state index is -0.576. The number of rotatable bonds is 2. The highest BCUT2D eigenvalue weighted by atomic mass is 16.6. The first-order valence-electron chi connectivity index (χ1n) is 5.36. The second kappa shape index (κ2) is 3.67. The lowest BCUT2D eigenvalue weighted by Crippen LogP contribution is -2.27. The largest absolute Gasteiger partial charge is 0.436 e. The fraction of sp³-hybridized carbons (Fsp3) is 0.308. The number of anilines is 1. The van der Waals surface area contributed by atoms with E-state index in [1.807, 2.05) is 44.2 Å². The number of carbonyl (C=O) groups excluding carboxylic acids is 1. The number of amides is 1. The molecule has 1 atom stereocenters.